The Labute approximate surface area is 149 Å². The molecule has 1 N–H and O–H groups in total. The Hall–Kier alpha value is -1.88. The lowest BCUT2D eigenvalue weighted by atomic mass is 9.94. The van der Waals surface area contributed by atoms with Crippen LogP contribution in [0.2, 0.25) is 0 Å². The van der Waals surface area contributed by atoms with Gasteiger partial charge in [-0.1, -0.05) is 18.6 Å². The van der Waals surface area contributed by atoms with Crippen LogP contribution in [0.1, 0.15) is 56.3 Å². The number of ether oxygens (including phenoxy) is 1. The first kappa shape index (κ1) is 17.9. The van der Waals surface area contributed by atoms with Gasteiger partial charge in [-0.15, -0.1) is 0 Å². The second kappa shape index (κ2) is 7.56. The standard InChI is InChI=1S/C20H27NO4/c1-13(22)15-6-3-7-16(12-15)25-14(2)20(24)21-11-5-9-18(21)17-8-4-10-19(17)23/h3,6-7,12,14,17-19,23H,4-5,8-11H2,1-2H3/t14-,17+,18-,19+/m1/s1. The zero-order valence-corrected chi connectivity index (χ0v) is 15.0. The van der Waals surface area contributed by atoms with Crippen molar-refractivity contribution in [3.63, 3.8) is 0 Å². The van der Waals surface area contributed by atoms with Crippen molar-refractivity contribution in [3.8, 4) is 5.75 Å². The highest BCUT2D eigenvalue weighted by Crippen LogP contribution is 2.36. The maximum atomic E-state index is 12.9. The van der Waals surface area contributed by atoms with Gasteiger partial charge in [-0.3, -0.25) is 9.59 Å². The van der Waals surface area contributed by atoms with Crippen molar-refractivity contribution in [2.45, 2.75) is 64.2 Å². The average Bonchev–Trinajstić information content (AvgIpc) is 3.22. The minimum Gasteiger partial charge on any atom is -0.481 e. The van der Waals surface area contributed by atoms with E-state index in [1.165, 1.54) is 6.92 Å². The Morgan fingerprint density at radius 3 is 2.72 bits per heavy atom. The Balaban J connectivity index is 1.67. The Bertz CT molecular complexity index is 644. The number of nitrogens with zero attached hydrogens (tertiary/aromatic N) is 1. The number of aliphatic hydroxyl groups is 1. The first-order valence-corrected chi connectivity index (χ1v) is 9.23. The van der Waals surface area contributed by atoms with Crippen molar-refractivity contribution in [1.82, 2.24) is 4.90 Å². The number of amides is 1. The van der Waals surface area contributed by atoms with Crippen LogP contribution in [0.5, 0.6) is 5.75 Å². The highest BCUT2D eigenvalue weighted by Gasteiger charge is 2.41. The Morgan fingerprint density at radius 2 is 2.04 bits per heavy atom. The fourth-order valence-electron chi connectivity index (χ4n) is 4.21. The summed E-state index contributed by atoms with van der Waals surface area (Å²) in [5, 5.41) is 10.2. The molecule has 136 valence electrons. The van der Waals surface area contributed by atoms with Crippen molar-refractivity contribution in [2.75, 3.05) is 6.54 Å². The number of carbonyl (C=O) groups excluding carboxylic acids is 2. The van der Waals surface area contributed by atoms with Gasteiger partial charge in [0.1, 0.15) is 5.75 Å². The average molecular weight is 345 g/mol. The SMILES string of the molecule is CC(=O)c1cccc(O[C@H](C)C(=O)N2CCC[C@@H]2[C@@H]2CCC[C@@H]2O)c1. The van der Waals surface area contributed by atoms with Crippen molar-refractivity contribution >= 4 is 11.7 Å². The largest absolute Gasteiger partial charge is 0.481 e. The van der Waals surface area contributed by atoms with Gasteiger partial charge in [-0.2, -0.15) is 0 Å². The van der Waals surface area contributed by atoms with Gasteiger partial charge in [0.15, 0.2) is 11.9 Å². The maximum Gasteiger partial charge on any atom is 0.263 e. The second-order valence-electron chi connectivity index (χ2n) is 7.25. The number of hydrogen-bond acceptors (Lipinski definition) is 4. The molecular weight excluding hydrogens is 318 g/mol. The number of carbonyl (C=O) groups is 2. The Kier molecular flexibility index (Phi) is 5.42. The van der Waals surface area contributed by atoms with Crippen LogP contribution in [0.25, 0.3) is 0 Å². The summed E-state index contributed by atoms with van der Waals surface area (Å²) in [7, 11) is 0. The number of benzene rings is 1. The van der Waals surface area contributed by atoms with Gasteiger partial charge in [0.25, 0.3) is 5.91 Å². The zero-order chi connectivity index (χ0) is 18.0. The van der Waals surface area contributed by atoms with Crippen LogP contribution in [-0.2, 0) is 4.79 Å². The molecule has 3 rings (SSSR count). The van der Waals surface area contributed by atoms with Gasteiger partial charge in [0, 0.05) is 24.1 Å². The molecule has 0 spiro atoms. The van der Waals surface area contributed by atoms with E-state index in [0.717, 1.165) is 38.6 Å². The molecule has 1 heterocycles. The van der Waals surface area contributed by atoms with E-state index in [-0.39, 0.29) is 29.8 Å². The topological polar surface area (TPSA) is 66.8 Å². The summed E-state index contributed by atoms with van der Waals surface area (Å²) in [5.74, 6) is 0.666. The van der Waals surface area contributed by atoms with E-state index in [1.807, 2.05) is 4.90 Å². The number of hydrogen-bond donors (Lipinski definition) is 1. The summed E-state index contributed by atoms with van der Waals surface area (Å²) in [4.78, 5) is 26.3. The monoisotopic (exact) mass is 345 g/mol. The molecule has 0 unspecified atom stereocenters. The number of rotatable bonds is 5. The first-order chi connectivity index (χ1) is 12.0. The van der Waals surface area contributed by atoms with Gasteiger partial charge in [0.05, 0.1) is 6.10 Å². The molecular formula is C20H27NO4. The molecule has 0 bridgehead atoms. The van der Waals surface area contributed by atoms with Crippen LogP contribution in [0.3, 0.4) is 0 Å². The number of ketones is 1. The number of aliphatic hydroxyl groups excluding tert-OH is 1. The molecule has 1 aliphatic carbocycles. The molecule has 5 nitrogen and oxygen atoms in total. The van der Waals surface area contributed by atoms with E-state index in [4.69, 9.17) is 4.74 Å². The van der Waals surface area contributed by atoms with Crippen molar-refractivity contribution < 1.29 is 19.4 Å². The molecule has 0 radical (unpaired) electrons. The minimum atomic E-state index is -0.610. The Morgan fingerprint density at radius 1 is 1.24 bits per heavy atom. The summed E-state index contributed by atoms with van der Waals surface area (Å²) < 4.78 is 5.81. The zero-order valence-electron chi connectivity index (χ0n) is 15.0. The number of Topliss-reactive ketones (excluding diaryl/α,β-unsaturated/α-hetero) is 1. The smallest absolute Gasteiger partial charge is 0.263 e. The van der Waals surface area contributed by atoms with Gasteiger partial charge < -0.3 is 14.7 Å². The normalized spacial score (nSPS) is 27.3. The van der Waals surface area contributed by atoms with Gasteiger partial charge in [-0.05, 0) is 51.7 Å². The highest BCUT2D eigenvalue weighted by atomic mass is 16.5. The van der Waals surface area contributed by atoms with Crippen molar-refractivity contribution in [3.05, 3.63) is 29.8 Å². The van der Waals surface area contributed by atoms with E-state index in [9.17, 15) is 14.7 Å². The van der Waals surface area contributed by atoms with Crippen molar-refractivity contribution in [2.24, 2.45) is 5.92 Å². The second-order valence-corrected chi connectivity index (χ2v) is 7.25. The molecule has 2 aliphatic rings. The highest BCUT2D eigenvalue weighted by molar-refractivity contribution is 5.94. The molecule has 2 fully saturated rings. The molecule has 1 saturated carbocycles. The third-order valence-electron chi connectivity index (χ3n) is 5.51. The molecule has 1 amide bonds. The molecule has 1 aromatic rings. The summed E-state index contributed by atoms with van der Waals surface area (Å²) in [6.07, 6.45) is 3.90. The van der Waals surface area contributed by atoms with Crippen LogP contribution in [-0.4, -0.2) is 46.5 Å². The summed E-state index contributed by atoms with van der Waals surface area (Å²) in [5.41, 5.74) is 0.574. The first-order valence-electron chi connectivity index (χ1n) is 9.23. The lowest BCUT2D eigenvalue weighted by Crippen LogP contribution is -2.47. The van der Waals surface area contributed by atoms with Crippen molar-refractivity contribution in [1.29, 1.82) is 0 Å². The van der Waals surface area contributed by atoms with Crippen LogP contribution in [0.15, 0.2) is 24.3 Å². The third kappa shape index (κ3) is 3.87. The van der Waals surface area contributed by atoms with Crippen LogP contribution < -0.4 is 4.74 Å². The van der Waals surface area contributed by atoms with E-state index in [1.54, 1.807) is 31.2 Å². The van der Waals surface area contributed by atoms with Crippen LogP contribution in [0, 0.1) is 5.92 Å². The molecule has 0 aromatic heterocycles. The quantitative estimate of drug-likeness (QED) is 0.834. The lowest BCUT2D eigenvalue weighted by molar-refractivity contribution is -0.140. The lowest BCUT2D eigenvalue weighted by Gasteiger charge is -2.33. The van der Waals surface area contributed by atoms with E-state index in [2.05, 4.69) is 0 Å². The molecule has 4 atom stereocenters. The third-order valence-corrected chi connectivity index (χ3v) is 5.51. The molecule has 5 heteroatoms. The van der Waals surface area contributed by atoms with Gasteiger partial charge in [-0.25, -0.2) is 0 Å². The van der Waals surface area contributed by atoms with Gasteiger partial charge in [0.2, 0.25) is 0 Å². The maximum absolute atomic E-state index is 12.9. The van der Waals surface area contributed by atoms with Gasteiger partial charge >= 0.3 is 0 Å². The molecule has 1 aromatic carbocycles. The van der Waals surface area contributed by atoms with E-state index < -0.39 is 6.10 Å². The van der Waals surface area contributed by atoms with E-state index >= 15 is 0 Å². The molecule has 1 aliphatic heterocycles. The number of likely N-dealkylation sites (tertiary alicyclic amines) is 1. The summed E-state index contributed by atoms with van der Waals surface area (Å²) >= 11 is 0. The fourth-order valence-corrected chi connectivity index (χ4v) is 4.21. The predicted octanol–water partition coefficient (Wildman–Crippen LogP) is 2.81. The fraction of sp³-hybridized carbons (Fsp3) is 0.600. The minimum absolute atomic E-state index is 0.0285. The van der Waals surface area contributed by atoms with E-state index in [0.29, 0.717) is 11.3 Å². The van der Waals surface area contributed by atoms with Crippen LogP contribution in [0.4, 0.5) is 0 Å². The molecule has 1 saturated heterocycles. The summed E-state index contributed by atoms with van der Waals surface area (Å²) in [6.45, 7) is 3.99. The predicted molar refractivity (Wildman–Crippen MR) is 94.6 cm³/mol. The summed E-state index contributed by atoms with van der Waals surface area (Å²) in [6, 6.07) is 7.06. The molecule has 25 heavy (non-hydrogen) atoms. The van der Waals surface area contributed by atoms with Crippen LogP contribution >= 0.6 is 0 Å².